The molecular formula is C14H12BrNO3S. The molecule has 2 rings (SSSR count). The molecule has 1 amide bonds. The Hall–Kier alpha value is -1.66. The molecule has 0 unspecified atom stereocenters. The van der Waals surface area contributed by atoms with Gasteiger partial charge in [-0.15, -0.1) is 11.3 Å². The van der Waals surface area contributed by atoms with Gasteiger partial charge in [0, 0.05) is 10.2 Å². The van der Waals surface area contributed by atoms with Crippen molar-refractivity contribution in [2.45, 2.75) is 13.3 Å². The molecular weight excluding hydrogens is 342 g/mol. The summed E-state index contributed by atoms with van der Waals surface area (Å²) >= 11 is 4.61. The van der Waals surface area contributed by atoms with Crippen molar-refractivity contribution in [2.24, 2.45) is 0 Å². The van der Waals surface area contributed by atoms with E-state index in [2.05, 4.69) is 21.2 Å². The molecule has 1 aromatic heterocycles. The highest BCUT2D eigenvalue weighted by molar-refractivity contribution is 9.10. The van der Waals surface area contributed by atoms with Crippen molar-refractivity contribution in [1.82, 2.24) is 0 Å². The van der Waals surface area contributed by atoms with Crippen LogP contribution < -0.4 is 5.32 Å². The van der Waals surface area contributed by atoms with Crippen molar-refractivity contribution >= 4 is 44.8 Å². The van der Waals surface area contributed by atoms with Gasteiger partial charge in [0.1, 0.15) is 0 Å². The van der Waals surface area contributed by atoms with E-state index < -0.39 is 5.97 Å². The fraction of sp³-hybridized carbons (Fsp3) is 0.143. The number of halogens is 1. The molecule has 2 N–H and O–H groups in total. The fourth-order valence-corrected chi connectivity index (χ4v) is 3.17. The van der Waals surface area contributed by atoms with Crippen molar-refractivity contribution in [3.8, 4) is 0 Å². The number of carbonyl (C=O) groups is 2. The van der Waals surface area contributed by atoms with E-state index in [-0.39, 0.29) is 11.5 Å². The van der Waals surface area contributed by atoms with Crippen LogP contribution in [0.25, 0.3) is 0 Å². The SMILES string of the molecule is CCc1ccsc1C(=O)Nc1cc(Br)cc(C(=O)O)c1. The maximum Gasteiger partial charge on any atom is 0.335 e. The number of aromatic carboxylic acids is 1. The van der Waals surface area contributed by atoms with Crippen LogP contribution in [0.2, 0.25) is 0 Å². The van der Waals surface area contributed by atoms with Crippen LogP contribution in [-0.2, 0) is 6.42 Å². The standard InChI is InChI=1S/C14H12BrNO3S/c1-2-8-3-4-20-12(8)13(17)16-11-6-9(14(18)19)5-10(15)7-11/h3-7H,2H2,1H3,(H,16,17)(H,18,19). The van der Waals surface area contributed by atoms with Crippen LogP contribution in [0, 0.1) is 0 Å². The molecule has 6 heteroatoms. The highest BCUT2D eigenvalue weighted by Crippen LogP contribution is 2.23. The number of carboxylic acids is 1. The minimum absolute atomic E-state index is 0.122. The molecule has 0 saturated heterocycles. The Bertz CT molecular complexity index is 666. The Morgan fingerprint density at radius 1 is 1.35 bits per heavy atom. The van der Waals surface area contributed by atoms with Crippen molar-refractivity contribution in [3.63, 3.8) is 0 Å². The first-order chi connectivity index (χ1) is 9.51. The molecule has 0 bridgehead atoms. The van der Waals surface area contributed by atoms with Gasteiger partial charge < -0.3 is 10.4 Å². The molecule has 4 nitrogen and oxygen atoms in total. The average Bonchev–Trinajstić information content (AvgIpc) is 2.86. The van der Waals surface area contributed by atoms with Gasteiger partial charge in [0.2, 0.25) is 0 Å². The zero-order valence-electron chi connectivity index (χ0n) is 10.6. The van der Waals surface area contributed by atoms with Crippen molar-refractivity contribution in [2.75, 3.05) is 5.32 Å². The Morgan fingerprint density at radius 3 is 2.75 bits per heavy atom. The number of nitrogens with one attached hydrogen (secondary N) is 1. The van der Waals surface area contributed by atoms with E-state index >= 15 is 0 Å². The van der Waals surface area contributed by atoms with Gasteiger partial charge >= 0.3 is 5.97 Å². The normalized spacial score (nSPS) is 10.3. The third-order valence-electron chi connectivity index (χ3n) is 2.74. The summed E-state index contributed by atoms with van der Waals surface area (Å²) in [7, 11) is 0. The van der Waals surface area contributed by atoms with E-state index in [4.69, 9.17) is 5.11 Å². The number of benzene rings is 1. The summed E-state index contributed by atoms with van der Waals surface area (Å²) in [5.74, 6) is -1.25. The number of aryl methyl sites for hydroxylation is 1. The molecule has 0 aliphatic carbocycles. The molecule has 0 saturated carbocycles. The minimum atomic E-state index is -1.04. The number of amides is 1. The van der Waals surface area contributed by atoms with Crippen molar-refractivity contribution < 1.29 is 14.7 Å². The second kappa shape index (κ2) is 6.19. The maximum atomic E-state index is 12.2. The summed E-state index contributed by atoms with van der Waals surface area (Å²) in [6.07, 6.45) is 0.783. The molecule has 0 aliphatic heterocycles. The topological polar surface area (TPSA) is 66.4 Å². The molecule has 0 spiro atoms. The van der Waals surface area contributed by atoms with Gasteiger partial charge in [0.05, 0.1) is 10.4 Å². The Kier molecular flexibility index (Phi) is 4.57. The molecule has 104 valence electrons. The van der Waals surface area contributed by atoms with E-state index in [9.17, 15) is 9.59 Å². The third kappa shape index (κ3) is 3.26. The Labute approximate surface area is 128 Å². The van der Waals surface area contributed by atoms with E-state index in [0.717, 1.165) is 12.0 Å². The van der Waals surface area contributed by atoms with Crippen LogP contribution in [0.5, 0.6) is 0 Å². The van der Waals surface area contributed by atoms with E-state index in [1.807, 2.05) is 18.4 Å². The van der Waals surface area contributed by atoms with E-state index in [1.54, 1.807) is 6.07 Å². The average molecular weight is 354 g/mol. The lowest BCUT2D eigenvalue weighted by Gasteiger charge is -2.07. The Morgan fingerprint density at radius 2 is 2.10 bits per heavy atom. The number of hydrogen-bond donors (Lipinski definition) is 2. The first-order valence-electron chi connectivity index (χ1n) is 5.93. The highest BCUT2D eigenvalue weighted by atomic mass is 79.9. The number of carbonyl (C=O) groups excluding carboxylic acids is 1. The first-order valence-corrected chi connectivity index (χ1v) is 7.60. The summed E-state index contributed by atoms with van der Waals surface area (Å²) in [5, 5.41) is 13.6. The summed E-state index contributed by atoms with van der Waals surface area (Å²) in [5.41, 5.74) is 1.56. The van der Waals surface area contributed by atoms with Crippen LogP contribution in [0.3, 0.4) is 0 Å². The predicted molar refractivity (Wildman–Crippen MR) is 82.8 cm³/mol. The zero-order valence-corrected chi connectivity index (χ0v) is 13.0. The second-order valence-corrected chi connectivity index (χ2v) is 5.95. The quantitative estimate of drug-likeness (QED) is 0.871. The van der Waals surface area contributed by atoms with Gasteiger partial charge in [-0.2, -0.15) is 0 Å². The summed E-state index contributed by atoms with van der Waals surface area (Å²) in [6.45, 7) is 1.99. The second-order valence-electron chi connectivity index (χ2n) is 4.12. The van der Waals surface area contributed by atoms with Gasteiger partial charge in [0.25, 0.3) is 5.91 Å². The van der Waals surface area contributed by atoms with E-state index in [1.165, 1.54) is 23.5 Å². The van der Waals surface area contributed by atoms with Crippen LogP contribution in [0.1, 0.15) is 32.5 Å². The molecule has 0 radical (unpaired) electrons. The summed E-state index contributed by atoms with van der Waals surface area (Å²) in [4.78, 5) is 23.8. The third-order valence-corrected chi connectivity index (χ3v) is 4.15. The number of anilines is 1. The lowest BCUT2D eigenvalue weighted by molar-refractivity contribution is 0.0696. The number of rotatable bonds is 4. The molecule has 1 aromatic carbocycles. The summed E-state index contributed by atoms with van der Waals surface area (Å²) in [6, 6.07) is 6.51. The van der Waals surface area contributed by atoms with Gasteiger partial charge in [-0.3, -0.25) is 4.79 Å². The fourth-order valence-electron chi connectivity index (χ4n) is 1.79. The van der Waals surface area contributed by atoms with Gasteiger partial charge in [-0.25, -0.2) is 4.79 Å². The van der Waals surface area contributed by atoms with Crippen molar-refractivity contribution in [1.29, 1.82) is 0 Å². The van der Waals surface area contributed by atoms with Crippen molar-refractivity contribution in [3.05, 3.63) is 50.1 Å². The van der Waals surface area contributed by atoms with Crippen LogP contribution in [0.4, 0.5) is 5.69 Å². The molecule has 2 aromatic rings. The molecule has 0 atom stereocenters. The minimum Gasteiger partial charge on any atom is -0.478 e. The van der Waals surface area contributed by atoms with Crippen LogP contribution in [-0.4, -0.2) is 17.0 Å². The van der Waals surface area contributed by atoms with Gasteiger partial charge in [-0.1, -0.05) is 22.9 Å². The number of thiophene rings is 1. The highest BCUT2D eigenvalue weighted by Gasteiger charge is 2.13. The predicted octanol–water partition coefficient (Wildman–Crippen LogP) is 4.02. The maximum absolute atomic E-state index is 12.2. The monoisotopic (exact) mass is 353 g/mol. The molecule has 1 heterocycles. The molecule has 0 fully saturated rings. The van der Waals surface area contributed by atoms with Crippen LogP contribution >= 0.6 is 27.3 Å². The summed E-state index contributed by atoms with van der Waals surface area (Å²) < 4.78 is 0.606. The Balaban J connectivity index is 2.26. The molecule has 0 aliphatic rings. The smallest absolute Gasteiger partial charge is 0.335 e. The van der Waals surface area contributed by atoms with Gasteiger partial charge in [0.15, 0.2) is 0 Å². The lowest BCUT2D eigenvalue weighted by atomic mass is 10.2. The number of hydrogen-bond acceptors (Lipinski definition) is 3. The largest absolute Gasteiger partial charge is 0.478 e. The van der Waals surface area contributed by atoms with Gasteiger partial charge in [-0.05, 0) is 41.6 Å². The van der Waals surface area contributed by atoms with Crippen LogP contribution in [0.15, 0.2) is 34.1 Å². The number of carboxylic acid groups (broad SMARTS) is 1. The lowest BCUT2D eigenvalue weighted by Crippen LogP contribution is -2.12. The van der Waals surface area contributed by atoms with E-state index in [0.29, 0.717) is 15.0 Å². The molecule has 20 heavy (non-hydrogen) atoms. The zero-order chi connectivity index (χ0) is 14.7. The first kappa shape index (κ1) is 14.7.